The highest BCUT2D eigenvalue weighted by atomic mass is 16.5. The van der Waals surface area contributed by atoms with E-state index in [0.717, 1.165) is 38.0 Å². The van der Waals surface area contributed by atoms with Crippen LogP contribution in [-0.4, -0.2) is 30.0 Å². The number of nitrogens with two attached hydrogens (primary N) is 1. The summed E-state index contributed by atoms with van der Waals surface area (Å²) < 4.78 is 5.72. The van der Waals surface area contributed by atoms with Gasteiger partial charge < -0.3 is 15.6 Å². The molecule has 4 unspecified atom stereocenters. The van der Waals surface area contributed by atoms with E-state index in [1.54, 1.807) is 0 Å². The lowest BCUT2D eigenvalue weighted by Gasteiger charge is -2.49. The molecule has 1 saturated carbocycles. The Morgan fingerprint density at radius 3 is 2.56 bits per heavy atom. The van der Waals surface area contributed by atoms with Crippen LogP contribution in [0.15, 0.2) is 0 Å². The van der Waals surface area contributed by atoms with Gasteiger partial charge >= 0.3 is 0 Å². The van der Waals surface area contributed by atoms with Crippen LogP contribution in [0, 0.1) is 11.3 Å². The van der Waals surface area contributed by atoms with Gasteiger partial charge in [0.25, 0.3) is 0 Å². The van der Waals surface area contributed by atoms with E-state index < -0.39 is 5.60 Å². The molecule has 0 spiro atoms. The molecule has 0 radical (unpaired) electrons. The SMILES string of the molecule is CCC1CCC(CN)(C2(O)CCOC(CC)C2)C1. The third-order valence-corrected chi connectivity index (χ3v) is 5.56. The number of rotatable bonds is 4. The zero-order chi connectivity index (χ0) is 13.2. The first-order valence-corrected chi connectivity index (χ1v) is 7.63. The Labute approximate surface area is 111 Å². The molecule has 4 atom stereocenters. The van der Waals surface area contributed by atoms with Crippen molar-refractivity contribution in [3.05, 3.63) is 0 Å². The van der Waals surface area contributed by atoms with Crippen LogP contribution < -0.4 is 5.73 Å². The molecule has 106 valence electrons. The van der Waals surface area contributed by atoms with Crippen molar-refractivity contribution in [3.8, 4) is 0 Å². The Morgan fingerprint density at radius 2 is 2.00 bits per heavy atom. The van der Waals surface area contributed by atoms with Crippen molar-refractivity contribution in [1.82, 2.24) is 0 Å². The molecule has 18 heavy (non-hydrogen) atoms. The van der Waals surface area contributed by atoms with Crippen LogP contribution >= 0.6 is 0 Å². The molecule has 1 saturated heterocycles. The van der Waals surface area contributed by atoms with E-state index in [0.29, 0.717) is 13.2 Å². The second-order valence-corrected chi connectivity index (χ2v) is 6.39. The maximum Gasteiger partial charge on any atom is 0.0762 e. The molecule has 0 bridgehead atoms. The molecule has 2 aliphatic rings. The molecule has 1 aliphatic heterocycles. The molecule has 2 rings (SSSR count). The van der Waals surface area contributed by atoms with Gasteiger partial charge in [0.15, 0.2) is 0 Å². The zero-order valence-corrected chi connectivity index (χ0v) is 12.0. The maximum absolute atomic E-state index is 11.2. The molecule has 0 aromatic rings. The first-order valence-electron chi connectivity index (χ1n) is 7.63. The predicted octanol–water partition coefficient (Wildman–Crippen LogP) is 2.46. The predicted molar refractivity (Wildman–Crippen MR) is 73.3 cm³/mol. The van der Waals surface area contributed by atoms with E-state index in [4.69, 9.17) is 10.5 Å². The van der Waals surface area contributed by atoms with E-state index in [2.05, 4.69) is 13.8 Å². The molecule has 0 aromatic carbocycles. The minimum absolute atomic E-state index is 0.0507. The van der Waals surface area contributed by atoms with Gasteiger partial charge in [-0.1, -0.05) is 20.3 Å². The lowest BCUT2D eigenvalue weighted by molar-refractivity contribution is -0.165. The van der Waals surface area contributed by atoms with Gasteiger partial charge in [0, 0.05) is 31.4 Å². The van der Waals surface area contributed by atoms with Gasteiger partial charge in [-0.15, -0.1) is 0 Å². The second kappa shape index (κ2) is 5.48. The first-order chi connectivity index (χ1) is 8.59. The minimum atomic E-state index is -0.593. The molecule has 3 nitrogen and oxygen atoms in total. The highest BCUT2D eigenvalue weighted by Gasteiger charge is 2.54. The molecule has 2 fully saturated rings. The number of hydrogen-bond donors (Lipinski definition) is 2. The zero-order valence-electron chi connectivity index (χ0n) is 12.0. The van der Waals surface area contributed by atoms with E-state index in [9.17, 15) is 5.11 Å². The van der Waals surface area contributed by atoms with Crippen molar-refractivity contribution in [2.24, 2.45) is 17.1 Å². The molecule has 0 aromatic heterocycles. The van der Waals surface area contributed by atoms with Gasteiger partial charge in [-0.2, -0.15) is 0 Å². The van der Waals surface area contributed by atoms with Gasteiger partial charge in [0.2, 0.25) is 0 Å². The second-order valence-electron chi connectivity index (χ2n) is 6.39. The van der Waals surface area contributed by atoms with Gasteiger partial charge in [-0.25, -0.2) is 0 Å². The van der Waals surface area contributed by atoms with Gasteiger partial charge in [-0.05, 0) is 31.6 Å². The minimum Gasteiger partial charge on any atom is -0.389 e. The Bertz CT molecular complexity index is 284. The Morgan fingerprint density at radius 1 is 1.22 bits per heavy atom. The van der Waals surface area contributed by atoms with Crippen molar-refractivity contribution < 1.29 is 9.84 Å². The fourth-order valence-corrected chi connectivity index (χ4v) is 4.06. The van der Waals surface area contributed by atoms with Crippen LogP contribution in [0.1, 0.15) is 58.8 Å². The first kappa shape index (κ1) is 14.3. The van der Waals surface area contributed by atoms with Crippen LogP contribution in [0.3, 0.4) is 0 Å². The maximum atomic E-state index is 11.2. The van der Waals surface area contributed by atoms with Gasteiger partial charge in [-0.3, -0.25) is 0 Å². The van der Waals surface area contributed by atoms with Crippen LogP contribution in [0.25, 0.3) is 0 Å². The highest BCUT2D eigenvalue weighted by molar-refractivity contribution is 5.06. The number of aliphatic hydroxyl groups is 1. The third kappa shape index (κ3) is 2.33. The van der Waals surface area contributed by atoms with E-state index in [1.807, 2.05) is 0 Å². The monoisotopic (exact) mass is 255 g/mol. The van der Waals surface area contributed by atoms with Gasteiger partial charge in [0.1, 0.15) is 0 Å². The van der Waals surface area contributed by atoms with E-state index >= 15 is 0 Å². The molecule has 3 heteroatoms. The normalized spacial score (nSPS) is 45.3. The highest BCUT2D eigenvalue weighted by Crippen LogP contribution is 2.53. The summed E-state index contributed by atoms with van der Waals surface area (Å²) in [4.78, 5) is 0. The molecule has 1 aliphatic carbocycles. The van der Waals surface area contributed by atoms with E-state index in [-0.39, 0.29) is 11.5 Å². The summed E-state index contributed by atoms with van der Waals surface area (Å²) in [5.74, 6) is 0.750. The lowest BCUT2D eigenvalue weighted by Crippen LogP contribution is -2.56. The molecule has 0 amide bonds. The third-order valence-electron chi connectivity index (χ3n) is 5.56. The molecule has 1 heterocycles. The van der Waals surface area contributed by atoms with Crippen LogP contribution in [0.2, 0.25) is 0 Å². The summed E-state index contributed by atoms with van der Waals surface area (Å²) in [6.45, 7) is 5.69. The molecular formula is C15H29NO2. The summed E-state index contributed by atoms with van der Waals surface area (Å²) in [6.07, 6.45) is 7.38. The summed E-state index contributed by atoms with van der Waals surface area (Å²) in [5.41, 5.74) is 5.44. The van der Waals surface area contributed by atoms with Crippen molar-refractivity contribution >= 4 is 0 Å². The number of ether oxygens (including phenoxy) is 1. The van der Waals surface area contributed by atoms with Crippen molar-refractivity contribution in [3.63, 3.8) is 0 Å². The Balaban J connectivity index is 2.15. The standard InChI is InChI=1S/C15H29NO2/c1-3-12-5-6-14(9-12,11-16)15(17)7-8-18-13(4-2)10-15/h12-13,17H,3-11,16H2,1-2H3. The van der Waals surface area contributed by atoms with Gasteiger partial charge in [0.05, 0.1) is 11.7 Å². The molecular weight excluding hydrogens is 226 g/mol. The average molecular weight is 255 g/mol. The number of hydrogen-bond acceptors (Lipinski definition) is 3. The van der Waals surface area contributed by atoms with Crippen molar-refractivity contribution in [2.75, 3.05) is 13.2 Å². The van der Waals surface area contributed by atoms with Crippen LogP contribution in [-0.2, 0) is 4.74 Å². The van der Waals surface area contributed by atoms with Crippen LogP contribution in [0.5, 0.6) is 0 Å². The smallest absolute Gasteiger partial charge is 0.0762 e. The topological polar surface area (TPSA) is 55.5 Å². The van der Waals surface area contributed by atoms with Crippen molar-refractivity contribution in [2.45, 2.75) is 70.5 Å². The Hall–Kier alpha value is -0.120. The lowest BCUT2D eigenvalue weighted by atomic mass is 9.65. The quantitative estimate of drug-likeness (QED) is 0.811. The van der Waals surface area contributed by atoms with Crippen LogP contribution in [0.4, 0.5) is 0 Å². The van der Waals surface area contributed by atoms with E-state index in [1.165, 1.54) is 12.8 Å². The fraction of sp³-hybridized carbons (Fsp3) is 1.00. The summed E-state index contributed by atoms with van der Waals surface area (Å²) in [5, 5.41) is 11.2. The Kier molecular flexibility index (Phi) is 4.35. The van der Waals surface area contributed by atoms with Crippen molar-refractivity contribution in [1.29, 1.82) is 0 Å². The summed E-state index contributed by atoms with van der Waals surface area (Å²) in [6, 6.07) is 0. The summed E-state index contributed by atoms with van der Waals surface area (Å²) >= 11 is 0. The fourth-order valence-electron chi connectivity index (χ4n) is 4.06. The summed E-state index contributed by atoms with van der Waals surface area (Å²) in [7, 11) is 0. The molecule has 3 N–H and O–H groups in total. The average Bonchev–Trinajstić information content (AvgIpc) is 2.84. The largest absolute Gasteiger partial charge is 0.389 e.